The minimum Gasteiger partial charge on any atom is -0.475 e. The Bertz CT molecular complexity index is 682. The van der Waals surface area contributed by atoms with Crippen LogP contribution in [0.5, 0.6) is 5.88 Å². The maximum Gasteiger partial charge on any atom is 0.408 e. The van der Waals surface area contributed by atoms with E-state index in [2.05, 4.69) is 5.10 Å². The van der Waals surface area contributed by atoms with Crippen molar-refractivity contribution in [2.24, 2.45) is 0 Å². The average Bonchev–Trinajstić information content (AvgIpc) is 2.83. The molecule has 3 N–H and O–H groups in total. The molecule has 0 aliphatic carbocycles. The van der Waals surface area contributed by atoms with Crippen LogP contribution >= 0.6 is 0 Å². The van der Waals surface area contributed by atoms with Crippen LogP contribution in [0, 0.1) is 0 Å². The lowest BCUT2D eigenvalue weighted by Crippen LogP contribution is -2.20. The Morgan fingerprint density at radius 2 is 1.92 bits per heavy atom. The second-order valence-electron chi connectivity index (χ2n) is 5.74. The van der Waals surface area contributed by atoms with Crippen LogP contribution in [0.3, 0.4) is 0 Å². The molecular formula is C17H22F3N3O2. The maximum atomic E-state index is 12.9. The van der Waals surface area contributed by atoms with E-state index in [0.29, 0.717) is 29.8 Å². The van der Waals surface area contributed by atoms with Gasteiger partial charge in [-0.05, 0) is 24.1 Å². The van der Waals surface area contributed by atoms with E-state index in [1.165, 1.54) is 0 Å². The number of aliphatic hydroxyl groups excluding tert-OH is 1. The topological polar surface area (TPSA) is 73.3 Å². The Labute approximate surface area is 144 Å². The summed E-state index contributed by atoms with van der Waals surface area (Å²) in [5.41, 5.74) is 8.38. The van der Waals surface area contributed by atoms with Gasteiger partial charge in [-0.2, -0.15) is 18.3 Å². The van der Waals surface area contributed by atoms with Gasteiger partial charge in [0, 0.05) is 17.7 Å². The number of anilines is 1. The van der Waals surface area contributed by atoms with Crippen molar-refractivity contribution < 1.29 is 23.0 Å². The first kappa shape index (κ1) is 19.1. The first-order valence-electron chi connectivity index (χ1n) is 8.07. The number of halogens is 3. The molecule has 1 heterocycles. The lowest BCUT2D eigenvalue weighted by Gasteiger charge is -2.12. The molecule has 0 amide bonds. The molecule has 138 valence electrons. The Morgan fingerprint density at radius 3 is 2.48 bits per heavy atom. The zero-order chi connectivity index (χ0) is 18.4. The van der Waals surface area contributed by atoms with Crippen molar-refractivity contribution in [3.63, 3.8) is 0 Å². The van der Waals surface area contributed by atoms with Gasteiger partial charge in [-0.3, -0.25) is 0 Å². The highest BCUT2D eigenvalue weighted by Crippen LogP contribution is 2.30. The van der Waals surface area contributed by atoms with E-state index in [0.717, 1.165) is 16.7 Å². The van der Waals surface area contributed by atoms with E-state index in [1.54, 1.807) is 12.1 Å². The third kappa shape index (κ3) is 5.38. The van der Waals surface area contributed by atoms with Crippen LogP contribution in [0.4, 0.5) is 18.9 Å². The smallest absolute Gasteiger partial charge is 0.408 e. The normalized spacial score (nSPS) is 11.7. The summed E-state index contributed by atoms with van der Waals surface area (Å²) in [5.74, 6) is 0.0617. The summed E-state index contributed by atoms with van der Waals surface area (Å²) in [6.07, 6.45) is -2.73. The highest BCUT2D eigenvalue weighted by molar-refractivity contribution is 5.43. The molecule has 25 heavy (non-hydrogen) atoms. The first-order chi connectivity index (χ1) is 11.8. The average molecular weight is 357 g/mol. The molecule has 0 aliphatic rings. The van der Waals surface area contributed by atoms with E-state index >= 15 is 0 Å². The molecule has 2 aromatic rings. The van der Waals surface area contributed by atoms with Gasteiger partial charge in [0.2, 0.25) is 5.88 Å². The van der Waals surface area contributed by atoms with Gasteiger partial charge in [0.25, 0.3) is 0 Å². The number of nitrogens with two attached hydrogens (primary N) is 1. The van der Waals surface area contributed by atoms with Crippen LogP contribution in [-0.2, 0) is 19.4 Å². The van der Waals surface area contributed by atoms with Gasteiger partial charge >= 0.3 is 6.18 Å². The molecule has 0 radical (unpaired) electrons. The number of nitrogens with zero attached hydrogens (tertiary/aromatic N) is 2. The molecule has 0 fully saturated rings. The van der Waals surface area contributed by atoms with E-state index in [-0.39, 0.29) is 19.1 Å². The van der Waals surface area contributed by atoms with E-state index in [4.69, 9.17) is 15.6 Å². The van der Waals surface area contributed by atoms with E-state index < -0.39 is 12.7 Å². The van der Waals surface area contributed by atoms with Crippen molar-refractivity contribution in [1.29, 1.82) is 0 Å². The highest BCUT2D eigenvalue weighted by atomic mass is 19.4. The number of aromatic nitrogens is 2. The van der Waals surface area contributed by atoms with Crippen molar-refractivity contribution >= 4 is 5.69 Å². The minimum absolute atomic E-state index is 0.0617. The van der Waals surface area contributed by atoms with Gasteiger partial charge < -0.3 is 15.6 Å². The zero-order valence-corrected chi connectivity index (χ0v) is 14.0. The molecule has 5 nitrogen and oxygen atoms in total. The second kappa shape index (κ2) is 8.24. The van der Waals surface area contributed by atoms with Crippen molar-refractivity contribution in [3.05, 3.63) is 41.1 Å². The van der Waals surface area contributed by atoms with Crippen LogP contribution in [-0.4, -0.2) is 34.3 Å². The summed E-state index contributed by atoms with van der Waals surface area (Å²) < 4.78 is 44.8. The van der Waals surface area contributed by atoms with Crippen LogP contribution in [0.2, 0.25) is 0 Å². The fourth-order valence-electron chi connectivity index (χ4n) is 2.57. The van der Waals surface area contributed by atoms with Gasteiger partial charge in [0.05, 0.1) is 12.3 Å². The van der Waals surface area contributed by atoms with Crippen LogP contribution < -0.4 is 10.5 Å². The third-order valence-corrected chi connectivity index (χ3v) is 3.59. The number of hydrogen-bond acceptors (Lipinski definition) is 4. The summed E-state index contributed by atoms with van der Waals surface area (Å²) in [5, 5.41) is 13.1. The lowest BCUT2D eigenvalue weighted by molar-refractivity contribution is -0.143. The zero-order valence-electron chi connectivity index (χ0n) is 14.0. The standard InChI is InChI=1S/C17H22F3N3O2/c1-2-3-15-14(10-12-4-6-13(21)7-5-12)16(25-9-8-24)23(22-15)11-17(18,19)20/h4-7,24H,2-3,8-11,21H2,1H3. The number of benzene rings is 1. The molecule has 0 unspecified atom stereocenters. The van der Waals surface area contributed by atoms with Gasteiger partial charge in [0.15, 0.2) is 0 Å². The van der Waals surface area contributed by atoms with Crippen molar-refractivity contribution in [3.8, 4) is 5.88 Å². The molecular weight excluding hydrogens is 335 g/mol. The summed E-state index contributed by atoms with van der Waals surface area (Å²) in [4.78, 5) is 0. The van der Waals surface area contributed by atoms with Gasteiger partial charge in [-0.25, -0.2) is 4.68 Å². The molecule has 1 aromatic heterocycles. The number of aryl methyl sites for hydroxylation is 1. The SMILES string of the molecule is CCCc1nn(CC(F)(F)F)c(OCCO)c1Cc1ccc(N)cc1. The Kier molecular flexibility index (Phi) is 6.30. The highest BCUT2D eigenvalue weighted by Gasteiger charge is 2.32. The van der Waals surface area contributed by atoms with Crippen molar-refractivity contribution in [1.82, 2.24) is 9.78 Å². The Morgan fingerprint density at radius 1 is 1.24 bits per heavy atom. The molecule has 0 aliphatic heterocycles. The second-order valence-corrected chi connectivity index (χ2v) is 5.74. The molecule has 2 rings (SSSR count). The summed E-state index contributed by atoms with van der Waals surface area (Å²) in [7, 11) is 0. The maximum absolute atomic E-state index is 12.9. The molecule has 0 spiro atoms. The number of rotatable bonds is 8. The quantitative estimate of drug-likeness (QED) is 0.713. The summed E-state index contributed by atoms with van der Waals surface area (Å²) >= 11 is 0. The van der Waals surface area contributed by atoms with Crippen LogP contribution in [0.15, 0.2) is 24.3 Å². The molecule has 0 saturated carbocycles. The van der Waals surface area contributed by atoms with E-state index in [1.807, 2.05) is 19.1 Å². The lowest BCUT2D eigenvalue weighted by atomic mass is 10.0. The monoisotopic (exact) mass is 357 g/mol. The van der Waals surface area contributed by atoms with Gasteiger partial charge in [-0.1, -0.05) is 25.5 Å². The number of aliphatic hydroxyl groups is 1. The summed E-state index contributed by atoms with van der Waals surface area (Å²) in [6.45, 7) is 0.321. The predicted octanol–water partition coefficient (Wildman–Crippen LogP) is 2.94. The predicted molar refractivity (Wildman–Crippen MR) is 88.5 cm³/mol. The number of alkyl halides is 3. The van der Waals surface area contributed by atoms with Crippen LogP contribution in [0.1, 0.15) is 30.2 Å². The third-order valence-electron chi connectivity index (χ3n) is 3.59. The van der Waals surface area contributed by atoms with Crippen molar-refractivity contribution in [2.75, 3.05) is 18.9 Å². The molecule has 0 bridgehead atoms. The minimum atomic E-state index is -4.41. The molecule has 8 heteroatoms. The summed E-state index contributed by atoms with van der Waals surface area (Å²) in [6, 6.07) is 7.12. The van der Waals surface area contributed by atoms with Crippen LogP contribution in [0.25, 0.3) is 0 Å². The van der Waals surface area contributed by atoms with Gasteiger partial charge in [-0.15, -0.1) is 0 Å². The van der Waals surface area contributed by atoms with Crippen molar-refractivity contribution in [2.45, 2.75) is 38.9 Å². The Balaban J connectivity index is 2.42. The first-order valence-corrected chi connectivity index (χ1v) is 8.07. The fraction of sp³-hybridized carbons (Fsp3) is 0.471. The number of ether oxygens (including phenoxy) is 1. The number of nitrogen functional groups attached to an aromatic ring is 1. The molecule has 0 atom stereocenters. The number of hydrogen-bond donors (Lipinski definition) is 2. The molecule has 0 saturated heterocycles. The largest absolute Gasteiger partial charge is 0.475 e. The van der Waals surface area contributed by atoms with Gasteiger partial charge in [0.1, 0.15) is 13.2 Å². The Hall–Kier alpha value is -2.22. The van der Waals surface area contributed by atoms with E-state index in [9.17, 15) is 13.2 Å². The fourth-order valence-corrected chi connectivity index (χ4v) is 2.57. The molecule has 1 aromatic carbocycles.